The lowest BCUT2D eigenvalue weighted by atomic mass is 10.1. The zero-order valence-electron chi connectivity index (χ0n) is 14.8. The average molecular weight is 381 g/mol. The molecule has 0 aromatic heterocycles. The van der Waals surface area contributed by atoms with Crippen molar-refractivity contribution in [1.29, 1.82) is 0 Å². The highest BCUT2D eigenvalue weighted by atomic mass is 32.2. The fourth-order valence-electron chi connectivity index (χ4n) is 2.75. The molecule has 1 aliphatic heterocycles. The van der Waals surface area contributed by atoms with Gasteiger partial charge in [-0.05, 0) is 44.1 Å². The predicted octanol–water partition coefficient (Wildman–Crippen LogP) is 4.11. The van der Waals surface area contributed by atoms with Gasteiger partial charge in [0.2, 0.25) is 0 Å². The van der Waals surface area contributed by atoms with E-state index in [0.29, 0.717) is 12.0 Å². The van der Waals surface area contributed by atoms with E-state index in [1.54, 1.807) is 12.1 Å². The van der Waals surface area contributed by atoms with Gasteiger partial charge in [0, 0.05) is 18.2 Å². The van der Waals surface area contributed by atoms with Gasteiger partial charge < -0.3 is 4.74 Å². The maximum absolute atomic E-state index is 13.3. The Balaban J connectivity index is 0.000000431. The summed E-state index contributed by atoms with van der Waals surface area (Å²) in [4.78, 5) is 2.46. The lowest BCUT2D eigenvalue weighted by molar-refractivity contribution is 0.219. The molecule has 3 rings (SSSR count). The largest absolute Gasteiger partial charge is 0.457 e. The first-order valence-corrected chi connectivity index (χ1v) is 10.3. The highest BCUT2D eigenvalue weighted by Crippen LogP contribution is 2.27. The van der Waals surface area contributed by atoms with Gasteiger partial charge in [0.1, 0.15) is 17.3 Å². The number of likely N-dealkylation sites (tertiary alicyclic amines) is 1. The monoisotopic (exact) mass is 381 g/mol. The molecule has 0 spiro atoms. The SMILES string of the molecule is CS(=O)(=O)O.Fc1cccc(Oc2ccccc2CN2CCCCC2)c1. The minimum atomic E-state index is -3.67. The van der Waals surface area contributed by atoms with Gasteiger partial charge in [-0.25, -0.2) is 4.39 Å². The lowest BCUT2D eigenvalue weighted by Crippen LogP contribution is -2.29. The molecule has 1 heterocycles. The second kappa shape index (κ2) is 9.66. The van der Waals surface area contributed by atoms with Gasteiger partial charge in [0.15, 0.2) is 0 Å². The van der Waals surface area contributed by atoms with Crippen LogP contribution in [0.15, 0.2) is 48.5 Å². The van der Waals surface area contributed by atoms with Crippen LogP contribution in [-0.2, 0) is 16.7 Å². The van der Waals surface area contributed by atoms with E-state index in [-0.39, 0.29) is 5.82 Å². The van der Waals surface area contributed by atoms with Gasteiger partial charge >= 0.3 is 0 Å². The Hall–Kier alpha value is -1.96. The van der Waals surface area contributed by atoms with Crippen molar-refractivity contribution in [2.75, 3.05) is 19.3 Å². The summed E-state index contributed by atoms with van der Waals surface area (Å²) >= 11 is 0. The van der Waals surface area contributed by atoms with Gasteiger partial charge in [-0.1, -0.05) is 30.7 Å². The number of benzene rings is 2. The smallest absolute Gasteiger partial charge is 0.261 e. The Morgan fingerprint density at radius 2 is 1.73 bits per heavy atom. The molecular weight excluding hydrogens is 357 g/mol. The van der Waals surface area contributed by atoms with E-state index in [4.69, 9.17) is 9.29 Å². The Kier molecular flexibility index (Phi) is 7.56. The molecule has 0 unspecified atom stereocenters. The van der Waals surface area contributed by atoms with Crippen molar-refractivity contribution < 1.29 is 22.1 Å². The molecule has 5 nitrogen and oxygen atoms in total. The second-order valence-electron chi connectivity index (χ2n) is 6.24. The molecule has 26 heavy (non-hydrogen) atoms. The van der Waals surface area contributed by atoms with Crippen LogP contribution >= 0.6 is 0 Å². The highest BCUT2D eigenvalue weighted by Gasteiger charge is 2.13. The number of hydrogen-bond donors (Lipinski definition) is 1. The number of ether oxygens (including phenoxy) is 1. The summed E-state index contributed by atoms with van der Waals surface area (Å²) in [5.41, 5.74) is 1.16. The molecule has 7 heteroatoms. The molecular formula is C19H24FNO4S. The van der Waals surface area contributed by atoms with E-state index in [0.717, 1.165) is 30.9 Å². The summed E-state index contributed by atoms with van der Waals surface area (Å²) in [6, 6.07) is 14.3. The van der Waals surface area contributed by atoms with Crippen molar-refractivity contribution in [3.05, 3.63) is 59.9 Å². The third kappa shape index (κ3) is 7.95. The molecule has 142 valence electrons. The maximum atomic E-state index is 13.3. The third-order valence-electron chi connectivity index (χ3n) is 3.84. The van der Waals surface area contributed by atoms with Gasteiger partial charge in [-0.2, -0.15) is 8.42 Å². The molecule has 0 saturated carbocycles. The molecule has 2 aromatic carbocycles. The van der Waals surface area contributed by atoms with Crippen LogP contribution in [0.4, 0.5) is 4.39 Å². The molecule has 2 aromatic rings. The zero-order chi connectivity index (χ0) is 19.0. The Labute approximate surface area is 154 Å². The van der Waals surface area contributed by atoms with E-state index < -0.39 is 10.1 Å². The average Bonchev–Trinajstić information content (AvgIpc) is 2.56. The van der Waals surface area contributed by atoms with Crippen LogP contribution in [0.5, 0.6) is 11.5 Å². The number of nitrogens with zero attached hydrogens (tertiary/aromatic N) is 1. The Bertz CT molecular complexity index is 797. The van der Waals surface area contributed by atoms with Crippen LogP contribution in [0.25, 0.3) is 0 Å². The van der Waals surface area contributed by atoms with Crippen molar-refractivity contribution in [1.82, 2.24) is 4.90 Å². The van der Waals surface area contributed by atoms with Gasteiger partial charge in [0.25, 0.3) is 10.1 Å². The molecule has 0 atom stereocenters. The van der Waals surface area contributed by atoms with Gasteiger partial charge in [-0.3, -0.25) is 9.45 Å². The Morgan fingerprint density at radius 3 is 2.38 bits per heavy atom. The summed E-state index contributed by atoms with van der Waals surface area (Å²) in [7, 11) is -3.67. The van der Waals surface area contributed by atoms with E-state index in [9.17, 15) is 12.8 Å². The normalized spacial score (nSPS) is 15.0. The van der Waals surface area contributed by atoms with Crippen molar-refractivity contribution in [2.24, 2.45) is 0 Å². The van der Waals surface area contributed by atoms with Gasteiger partial charge in [0.05, 0.1) is 6.26 Å². The van der Waals surface area contributed by atoms with E-state index in [2.05, 4.69) is 11.0 Å². The van der Waals surface area contributed by atoms with Crippen LogP contribution < -0.4 is 4.74 Å². The molecule has 1 N–H and O–H groups in total. The second-order valence-corrected chi connectivity index (χ2v) is 7.70. The van der Waals surface area contributed by atoms with Crippen molar-refractivity contribution >= 4 is 10.1 Å². The maximum Gasteiger partial charge on any atom is 0.261 e. The first kappa shape index (κ1) is 20.4. The summed E-state index contributed by atoms with van der Waals surface area (Å²) < 4.78 is 45.0. The summed E-state index contributed by atoms with van der Waals surface area (Å²) in [5.74, 6) is 1.08. The fraction of sp³-hybridized carbons (Fsp3) is 0.368. The van der Waals surface area contributed by atoms with E-state index in [1.165, 1.54) is 31.4 Å². The molecule has 0 bridgehead atoms. The van der Waals surface area contributed by atoms with Crippen molar-refractivity contribution in [3.63, 3.8) is 0 Å². The number of halogens is 1. The highest BCUT2D eigenvalue weighted by molar-refractivity contribution is 7.85. The lowest BCUT2D eigenvalue weighted by Gasteiger charge is -2.27. The zero-order valence-corrected chi connectivity index (χ0v) is 15.6. The van der Waals surface area contributed by atoms with Crippen LogP contribution in [0, 0.1) is 5.82 Å². The summed E-state index contributed by atoms with van der Waals surface area (Å²) in [6.07, 6.45) is 4.59. The summed E-state index contributed by atoms with van der Waals surface area (Å²) in [6.45, 7) is 3.19. The van der Waals surface area contributed by atoms with Crippen LogP contribution in [-0.4, -0.2) is 37.2 Å². The van der Waals surface area contributed by atoms with Crippen molar-refractivity contribution in [2.45, 2.75) is 25.8 Å². The third-order valence-corrected chi connectivity index (χ3v) is 3.84. The van der Waals surface area contributed by atoms with Crippen LogP contribution in [0.2, 0.25) is 0 Å². The van der Waals surface area contributed by atoms with Gasteiger partial charge in [-0.15, -0.1) is 0 Å². The quantitative estimate of drug-likeness (QED) is 0.808. The van der Waals surface area contributed by atoms with Crippen LogP contribution in [0.1, 0.15) is 24.8 Å². The topological polar surface area (TPSA) is 66.8 Å². The Morgan fingerprint density at radius 1 is 1.08 bits per heavy atom. The van der Waals surface area contributed by atoms with E-state index in [1.807, 2.05) is 18.2 Å². The van der Waals surface area contributed by atoms with Crippen molar-refractivity contribution in [3.8, 4) is 11.5 Å². The molecule has 0 amide bonds. The molecule has 1 fully saturated rings. The van der Waals surface area contributed by atoms with Crippen LogP contribution in [0.3, 0.4) is 0 Å². The molecule has 0 radical (unpaired) electrons. The number of hydrogen-bond acceptors (Lipinski definition) is 4. The molecule has 1 aliphatic rings. The van der Waals surface area contributed by atoms with E-state index >= 15 is 0 Å². The number of para-hydroxylation sites is 1. The predicted molar refractivity (Wildman–Crippen MR) is 99.5 cm³/mol. The summed E-state index contributed by atoms with van der Waals surface area (Å²) in [5, 5.41) is 0. The first-order chi connectivity index (χ1) is 12.3. The first-order valence-electron chi connectivity index (χ1n) is 8.47. The number of piperidine rings is 1. The standard InChI is InChI=1S/C18H20FNO.CH4O3S/c19-16-8-6-9-17(13-16)21-18-10-3-2-7-15(18)14-20-11-4-1-5-12-20;1-5(2,3)4/h2-3,6-10,13H,1,4-5,11-12,14H2;1H3,(H,2,3,4). The minimum absolute atomic E-state index is 0.277. The fourth-order valence-corrected chi connectivity index (χ4v) is 2.75. The number of rotatable bonds is 4. The molecule has 1 saturated heterocycles. The minimum Gasteiger partial charge on any atom is -0.457 e. The molecule has 0 aliphatic carbocycles.